The van der Waals surface area contributed by atoms with Crippen LogP contribution >= 0.6 is 0 Å². The Morgan fingerprint density at radius 1 is 1.17 bits per heavy atom. The SMILES string of the molecule is COC(=O)CCCCNC(=O)Nc1cc(C(=O)N(C)C)ccc1C. The molecule has 2 N–H and O–H groups in total. The van der Waals surface area contributed by atoms with E-state index in [9.17, 15) is 14.4 Å². The van der Waals surface area contributed by atoms with Gasteiger partial charge in [0.1, 0.15) is 0 Å². The average molecular weight is 335 g/mol. The van der Waals surface area contributed by atoms with Gasteiger partial charge in [0.05, 0.1) is 7.11 Å². The first-order valence-electron chi connectivity index (χ1n) is 7.79. The van der Waals surface area contributed by atoms with Gasteiger partial charge in [-0.3, -0.25) is 9.59 Å². The van der Waals surface area contributed by atoms with Crippen molar-refractivity contribution in [3.63, 3.8) is 0 Å². The Labute approximate surface area is 142 Å². The van der Waals surface area contributed by atoms with E-state index in [2.05, 4.69) is 15.4 Å². The summed E-state index contributed by atoms with van der Waals surface area (Å²) in [5, 5.41) is 5.47. The molecule has 24 heavy (non-hydrogen) atoms. The lowest BCUT2D eigenvalue weighted by Crippen LogP contribution is -2.30. The van der Waals surface area contributed by atoms with Crippen LogP contribution in [0.15, 0.2) is 18.2 Å². The number of amides is 3. The third-order valence-corrected chi connectivity index (χ3v) is 3.46. The molecule has 0 aromatic heterocycles. The molecule has 0 heterocycles. The van der Waals surface area contributed by atoms with Crippen molar-refractivity contribution < 1.29 is 19.1 Å². The number of esters is 1. The van der Waals surface area contributed by atoms with Crippen LogP contribution in [0.1, 0.15) is 35.2 Å². The number of hydrogen-bond acceptors (Lipinski definition) is 4. The molecule has 7 heteroatoms. The third-order valence-electron chi connectivity index (χ3n) is 3.46. The van der Waals surface area contributed by atoms with Crippen molar-refractivity contribution in [1.29, 1.82) is 0 Å². The number of methoxy groups -OCH3 is 1. The van der Waals surface area contributed by atoms with Gasteiger partial charge in [0.2, 0.25) is 0 Å². The molecule has 0 saturated heterocycles. The van der Waals surface area contributed by atoms with Crippen LogP contribution in [0.5, 0.6) is 0 Å². The molecular formula is C17H25N3O4. The Hall–Kier alpha value is -2.57. The van der Waals surface area contributed by atoms with Crippen LogP contribution in [0.25, 0.3) is 0 Å². The van der Waals surface area contributed by atoms with Gasteiger partial charge in [0.25, 0.3) is 5.91 Å². The van der Waals surface area contributed by atoms with E-state index in [0.717, 1.165) is 5.56 Å². The second kappa shape index (κ2) is 9.54. The quantitative estimate of drug-likeness (QED) is 0.590. The largest absolute Gasteiger partial charge is 0.469 e. The number of anilines is 1. The van der Waals surface area contributed by atoms with Crippen molar-refractivity contribution in [2.75, 3.05) is 33.1 Å². The predicted molar refractivity (Wildman–Crippen MR) is 92.1 cm³/mol. The van der Waals surface area contributed by atoms with E-state index in [1.54, 1.807) is 32.3 Å². The highest BCUT2D eigenvalue weighted by Crippen LogP contribution is 2.17. The number of hydrogen-bond donors (Lipinski definition) is 2. The lowest BCUT2D eigenvalue weighted by atomic mass is 10.1. The molecule has 0 radical (unpaired) electrons. The van der Waals surface area contributed by atoms with Crippen molar-refractivity contribution in [3.8, 4) is 0 Å². The Kier molecular flexibility index (Phi) is 7.74. The molecule has 0 fully saturated rings. The van der Waals surface area contributed by atoms with Crippen molar-refractivity contribution in [3.05, 3.63) is 29.3 Å². The van der Waals surface area contributed by atoms with Gasteiger partial charge < -0.3 is 20.3 Å². The molecule has 0 saturated carbocycles. The number of rotatable bonds is 7. The number of urea groups is 1. The maximum atomic E-state index is 12.0. The normalized spacial score (nSPS) is 10.0. The van der Waals surface area contributed by atoms with E-state index in [1.165, 1.54) is 12.0 Å². The fourth-order valence-corrected chi connectivity index (χ4v) is 2.01. The maximum Gasteiger partial charge on any atom is 0.319 e. The Morgan fingerprint density at radius 3 is 2.50 bits per heavy atom. The summed E-state index contributed by atoms with van der Waals surface area (Å²) in [7, 11) is 4.71. The molecular weight excluding hydrogens is 310 g/mol. The fraction of sp³-hybridized carbons (Fsp3) is 0.471. The highest BCUT2D eigenvalue weighted by Gasteiger charge is 2.11. The van der Waals surface area contributed by atoms with Crippen molar-refractivity contribution >= 4 is 23.6 Å². The van der Waals surface area contributed by atoms with Gasteiger partial charge in [0, 0.05) is 38.3 Å². The standard InChI is InChI=1S/C17H25N3O4/c1-12-8-9-13(16(22)20(2)3)11-14(12)19-17(23)18-10-6-5-7-15(21)24-4/h8-9,11H,5-7,10H2,1-4H3,(H2,18,19,23). The zero-order chi connectivity index (χ0) is 18.1. The summed E-state index contributed by atoms with van der Waals surface area (Å²) in [6, 6.07) is 4.84. The maximum absolute atomic E-state index is 12.0. The number of ether oxygens (including phenoxy) is 1. The Bertz CT molecular complexity index is 599. The second-order valence-corrected chi connectivity index (χ2v) is 5.64. The zero-order valence-corrected chi connectivity index (χ0v) is 14.6. The van der Waals surface area contributed by atoms with E-state index >= 15 is 0 Å². The summed E-state index contributed by atoms with van der Waals surface area (Å²) < 4.78 is 4.55. The summed E-state index contributed by atoms with van der Waals surface area (Å²) >= 11 is 0. The van der Waals surface area contributed by atoms with Gasteiger partial charge >= 0.3 is 12.0 Å². The lowest BCUT2D eigenvalue weighted by molar-refractivity contribution is -0.140. The molecule has 1 aromatic carbocycles. The van der Waals surface area contributed by atoms with Crippen LogP contribution in [0.2, 0.25) is 0 Å². The smallest absolute Gasteiger partial charge is 0.319 e. The first kappa shape index (κ1) is 19.5. The molecule has 0 spiro atoms. The number of carbonyl (C=O) groups is 3. The summed E-state index contributed by atoms with van der Waals surface area (Å²) in [5.74, 6) is -0.376. The molecule has 0 unspecified atom stereocenters. The van der Waals surface area contributed by atoms with Crippen molar-refractivity contribution in [2.24, 2.45) is 0 Å². The van der Waals surface area contributed by atoms with E-state index < -0.39 is 0 Å². The average Bonchev–Trinajstić information content (AvgIpc) is 2.55. The van der Waals surface area contributed by atoms with Crippen LogP contribution in [0.4, 0.5) is 10.5 Å². The van der Waals surface area contributed by atoms with Crippen LogP contribution in [0, 0.1) is 6.92 Å². The first-order valence-corrected chi connectivity index (χ1v) is 7.79. The lowest BCUT2D eigenvalue weighted by Gasteiger charge is -2.14. The minimum atomic E-state index is -0.342. The molecule has 3 amide bonds. The third kappa shape index (κ3) is 6.28. The summed E-state index contributed by atoms with van der Waals surface area (Å²) in [6.07, 6.45) is 1.67. The van der Waals surface area contributed by atoms with Crippen LogP contribution in [-0.2, 0) is 9.53 Å². The number of benzene rings is 1. The zero-order valence-electron chi connectivity index (χ0n) is 14.6. The minimum Gasteiger partial charge on any atom is -0.469 e. The molecule has 0 atom stereocenters. The molecule has 1 aromatic rings. The number of unbranched alkanes of at least 4 members (excludes halogenated alkanes) is 1. The monoisotopic (exact) mass is 335 g/mol. The molecule has 0 aliphatic heterocycles. The van der Waals surface area contributed by atoms with Gasteiger partial charge in [-0.1, -0.05) is 6.07 Å². The predicted octanol–water partition coefficient (Wildman–Crippen LogP) is 2.16. The van der Waals surface area contributed by atoms with E-state index in [0.29, 0.717) is 37.1 Å². The molecule has 7 nitrogen and oxygen atoms in total. The summed E-state index contributed by atoms with van der Waals surface area (Å²) in [4.78, 5) is 36.4. The molecule has 0 bridgehead atoms. The number of nitrogens with one attached hydrogen (secondary N) is 2. The number of carbonyl (C=O) groups excluding carboxylic acids is 3. The van der Waals surface area contributed by atoms with Gasteiger partial charge in [-0.05, 0) is 37.5 Å². The first-order chi connectivity index (χ1) is 11.3. The molecule has 0 aliphatic carbocycles. The Balaban J connectivity index is 2.50. The van der Waals surface area contributed by atoms with E-state index in [-0.39, 0.29) is 17.9 Å². The van der Waals surface area contributed by atoms with E-state index in [1.807, 2.05) is 6.92 Å². The highest BCUT2D eigenvalue weighted by molar-refractivity contribution is 5.97. The van der Waals surface area contributed by atoms with Gasteiger partial charge in [0.15, 0.2) is 0 Å². The van der Waals surface area contributed by atoms with Crippen LogP contribution in [-0.4, -0.2) is 50.6 Å². The Morgan fingerprint density at radius 2 is 1.88 bits per heavy atom. The number of aryl methyl sites for hydroxylation is 1. The fourth-order valence-electron chi connectivity index (χ4n) is 2.01. The minimum absolute atomic E-state index is 0.124. The molecule has 1 rings (SSSR count). The van der Waals surface area contributed by atoms with Crippen LogP contribution in [0.3, 0.4) is 0 Å². The second-order valence-electron chi connectivity index (χ2n) is 5.64. The van der Waals surface area contributed by atoms with E-state index in [4.69, 9.17) is 0 Å². The molecule has 0 aliphatic rings. The summed E-state index contributed by atoms with van der Waals surface area (Å²) in [6.45, 7) is 2.31. The highest BCUT2D eigenvalue weighted by atomic mass is 16.5. The van der Waals surface area contributed by atoms with Crippen molar-refractivity contribution in [2.45, 2.75) is 26.2 Å². The number of nitrogens with zero attached hydrogens (tertiary/aromatic N) is 1. The summed E-state index contributed by atoms with van der Waals surface area (Å²) in [5.41, 5.74) is 1.97. The van der Waals surface area contributed by atoms with Crippen LogP contribution < -0.4 is 10.6 Å². The van der Waals surface area contributed by atoms with Gasteiger partial charge in [-0.15, -0.1) is 0 Å². The topological polar surface area (TPSA) is 87.7 Å². The van der Waals surface area contributed by atoms with Crippen molar-refractivity contribution in [1.82, 2.24) is 10.2 Å². The van der Waals surface area contributed by atoms with Gasteiger partial charge in [-0.25, -0.2) is 4.79 Å². The molecule has 132 valence electrons. The van der Waals surface area contributed by atoms with Gasteiger partial charge in [-0.2, -0.15) is 0 Å².